The Labute approximate surface area is 132 Å². The molecule has 92 valence electrons. The molecule has 4 nitrogen and oxygen atoms in total. The number of nitrogen functional groups attached to an aromatic ring is 1. The second-order valence-corrected chi connectivity index (χ2v) is 3.93. The van der Waals surface area contributed by atoms with E-state index in [9.17, 15) is 0 Å². The number of carbonyl (C=O) groups is 1. The molecule has 1 heterocycles. The van der Waals surface area contributed by atoms with Crippen molar-refractivity contribution in [3.05, 3.63) is 42.5 Å². The van der Waals surface area contributed by atoms with Gasteiger partial charge in [0.15, 0.2) is 0 Å². The molecule has 0 radical (unpaired) electrons. The van der Waals surface area contributed by atoms with Gasteiger partial charge in [-0.05, 0) is 19.1 Å². The fourth-order valence-corrected chi connectivity index (χ4v) is 1.90. The van der Waals surface area contributed by atoms with Crippen molar-refractivity contribution in [1.29, 1.82) is 0 Å². The van der Waals surface area contributed by atoms with Crippen LogP contribution in [0.25, 0.3) is 21.8 Å². The summed E-state index contributed by atoms with van der Waals surface area (Å²) in [5, 5.41) is 11.3. The first-order chi connectivity index (χ1) is 8.59. The van der Waals surface area contributed by atoms with Crippen LogP contribution in [0.15, 0.2) is 42.5 Å². The molecule has 5 heteroatoms. The summed E-state index contributed by atoms with van der Waals surface area (Å²) in [7, 11) is 0. The second-order valence-electron chi connectivity index (χ2n) is 3.93. The standard InChI is InChI=1S/C12H10N2.C2H4O2.Na/c13-10-6-3-5-9-8-4-1-2-7-11(8)14-12(9)10;1-2(3)4;/h1-7,14H,13H2;1H3,(H,3,4);/q;;+1/p-1. The molecule has 3 rings (SSSR count). The Hall–Kier alpha value is -1.49. The number of para-hydroxylation sites is 2. The van der Waals surface area contributed by atoms with Gasteiger partial charge in [-0.2, -0.15) is 0 Å². The third-order valence-electron chi connectivity index (χ3n) is 2.57. The first kappa shape index (κ1) is 15.6. The van der Waals surface area contributed by atoms with Gasteiger partial charge >= 0.3 is 29.6 Å². The number of aromatic nitrogens is 1. The average molecular weight is 264 g/mol. The molecule has 0 saturated heterocycles. The molecule has 3 aromatic rings. The number of benzene rings is 2. The Kier molecular flexibility index (Phi) is 5.42. The van der Waals surface area contributed by atoms with Crippen molar-refractivity contribution in [2.24, 2.45) is 0 Å². The zero-order valence-electron chi connectivity index (χ0n) is 10.9. The summed E-state index contributed by atoms with van der Waals surface area (Å²) in [6.45, 7) is 0.972. The number of carboxylic acids is 1. The third kappa shape index (κ3) is 3.50. The summed E-state index contributed by atoms with van der Waals surface area (Å²) in [5.74, 6) is -1.08. The van der Waals surface area contributed by atoms with Crippen LogP contribution in [-0.4, -0.2) is 11.0 Å². The molecule has 0 aliphatic rings. The van der Waals surface area contributed by atoms with Crippen molar-refractivity contribution >= 4 is 33.5 Å². The van der Waals surface area contributed by atoms with Gasteiger partial charge < -0.3 is 20.6 Å². The number of H-pyrrole nitrogens is 1. The number of carboxylic acid groups (broad SMARTS) is 1. The molecule has 19 heavy (non-hydrogen) atoms. The molecule has 0 atom stereocenters. The number of nitrogens with one attached hydrogen (secondary N) is 1. The molecule has 2 aromatic carbocycles. The predicted molar refractivity (Wildman–Crippen MR) is 70.9 cm³/mol. The van der Waals surface area contributed by atoms with Crippen LogP contribution in [0.2, 0.25) is 0 Å². The van der Waals surface area contributed by atoms with Gasteiger partial charge in [0, 0.05) is 22.3 Å². The molecule has 0 aliphatic heterocycles. The number of aliphatic carboxylic acids is 1. The SMILES string of the molecule is CC(=O)[O-].Nc1cccc2c1[nH]c1ccccc12.[Na+]. The van der Waals surface area contributed by atoms with Gasteiger partial charge in [-0.1, -0.05) is 30.3 Å². The van der Waals surface area contributed by atoms with Crippen molar-refractivity contribution in [2.75, 3.05) is 5.73 Å². The van der Waals surface area contributed by atoms with Gasteiger partial charge in [-0.15, -0.1) is 0 Å². The van der Waals surface area contributed by atoms with Crippen LogP contribution in [0.5, 0.6) is 0 Å². The Balaban J connectivity index is 0.000000323. The number of carbonyl (C=O) groups excluding carboxylic acids is 1. The van der Waals surface area contributed by atoms with Crippen molar-refractivity contribution < 1.29 is 39.5 Å². The van der Waals surface area contributed by atoms with Gasteiger partial charge in [0.25, 0.3) is 0 Å². The number of rotatable bonds is 0. The number of hydrogen-bond acceptors (Lipinski definition) is 3. The van der Waals surface area contributed by atoms with E-state index in [0.29, 0.717) is 0 Å². The molecule has 1 aromatic heterocycles. The van der Waals surface area contributed by atoms with E-state index in [2.05, 4.69) is 23.2 Å². The number of nitrogens with two attached hydrogens (primary N) is 1. The van der Waals surface area contributed by atoms with E-state index in [4.69, 9.17) is 15.6 Å². The smallest absolute Gasteiger partial charge is 0.550 e. The largest absolute Gasteiger partial charge is 1.00 e. The van der Waals surface area contributed by atoms with Crippen LogP contribution in [0.1, 0.15) is 6.92 Å². The van der Waals surface area contributed by atoms with E-state index in [1.54, 1.807) is 0 Å². The Morgan fingerprint density at radius 2 is 1.68 bits per heavy atom. The minimum absolute atomic E-state index is 0. The maximum atomic E-state index is 8.89. The Bertz CT molecular complexity index is 703. The molecule has 0 unspecified atom stereocenters. The van der Waals surface area contributed by atoms with Crippen molar-refractivity contribution in [2.45, 2.75) is 6.92 Å². The monoisotopic (exact) mass is 264 g/mol. The number of fused-ring (bicyclic) bond motifs is 3. The van der Waals surface area contributed by atoms with Gasteiger partial charge in [0.2, 0.25) is 0 Å². The van der Waals surface area contributed by atoms with Crippen LogP contribution < -0.4 is 40.4 Å². The molecular formula is C14H13N2NaO2. The van der Waals surface area contributed by atoms with Crippen molar-refractivity contribution in [1.82, 2.24) is 4.98 Å². The summed E-state index contributed by atoms with van der Waals surface area (Å²) in [6, 6.07) is 14.2. The first-order valence-electron chi connectivity index (χ1n) is 5.52. The third-order valence-corrected chi connectivity index (χ3v) is 2.57. The van der Waals surface area contributed by atoms with Crippen molar-refractivity contribution in [3.63, 3.8) is 0 Å². The molecule has 0 aliphatic carbocycles. The normalized spacial score (nSPS) is 9.53. The Morgan fingerprint density at radius 1 is 1.11 bits per heavy atom. The van der Waals surface area contributed by atoms with Gasteiger partial charge in [-0.25, -0.2) is 0 Å². The number of anilines is 1. The van der Waals surface area contributed by atoms with E-state index in [1.165, 1.54) is 10.8 Å². The molecular weight excluding hydrogens is 251 g/mol. The molecule has 0 fully saturated rings. The van der Waals surface area contributed by atoms with Gasteiger partial charge in [-0.3, -0.25) is 0 Å². The molecule has 0 amide bonds. The first-order valence-corrected chi connectivity index (χ1v) is 5.52. The van der Waals surface area contributed by atoms with E-state index in [1.807, 2.05) is 24.3 Å². The van der Waals surface area contributed by atoms with Crippen LogP contribution in [-0.2, 0) is 4.79 Å². The topological polar surface area (TPSA) is 81.9 Å². The molecule has 3 N–H and O–H groups in total. The maximum absolute atomic E-state index is 8.89. The zero-order valence-corrected chi connectivity index (χ0v) is 12.9. The minimum Gasteiger partial charge on any atom is -0.550 e. The van der Waals surface area contributed by atoms with Crippen LogP contribution >= 0.6 is 0 Å². The van der Waals surface area contributed by atoms with E-state index < -0.39 is 5.97 Å². The van der Waals surface area contributed by atoms with E-state index in [-0.39, 0.29) is 29.6 Å². The number of hydrogen-bond donors (Lipinski definition) is 2. The fourth-order valence-electron chi connectivity index (χ4n) is 1.90. The second kappa shape index (κ2) is 6.61. The molecule has 0 spiro atoms. The summed E-state index contributed by atoms with van der Waals surface area (Å²) in [5.41, 5.74) is 8.87. The van der Waals surface area contributed by atoms with Crippen LogP contribution in [0.4, 0.5) is 5.69 Å². The summed E-state index contributed by atoms with van der Waals surface area (Å²) < 4.78 is 0. The summed E-state index contributed by atoms with van der Waals surface area (Å²) in [6.07, 6.45) is 0. The van der Waals surface area contributed by atoms with Crippen molar-refractivity contribution in [3.8, 4) is 0 Å². The maximum Gasteiger partial charge on any atom is 1.00 e. The van der Waals surface area contributed by atoms with E-state index in [0.717, 1.165) is 23.6 Å². The molecule has 0 bridgehead atoms. The molecule has 0 saturated carbocycles. The van der Waals surface area contributed by atoms with Crippen LogP contribution in [0, 0.1) is 0 Å². The number of aromatic amines is 1. The van der Waals surface area contributed by atoms with E-state index >= 15 is 0 Å². The predicted octanol–water partition coefficient (Wildman–Crippen LogP) is -1.34. The van der Waals surface area contributed by atoms with Crippen LogP contribution in [0.3, 0.4) is 0 Å². The van der Waals surface area contributed by atoms with Gasteiger partial charge in [0.1, 0.15) is 0 Å². The summed E-state index contributed by atoms with van der Waals surface area (Å²) in [4.78, 5) is 12.2. The average Bonchev–Trinajstić information content (AvgIpc) is 2.69. The minimum atomic E-state index is -1.08. The fraction of sp³-hybridized carbons (Fsp3) is 0.0714. The quantitative estimate of drug-likeness (QED) is 0.389. The zero-order chi connectivity index (χ0) is 13.1. The van der Waals surface area contributed by atoms with Gasteiger partial charge in [0.05, 0.1) is 11.2 Å². The Morgan fingerprint density at radius 3 is 2.37 bits per heavy atom. The summed E-state index contributed by atoms with van der Waals surface area (Å²) >= 11 is 0.